The van der Waals surface area contributed by atoms with E-state index in [0.29, 0.717) is 18.0 Å². The topological polar surface area (TPSA) is 47.7 Å². The molecule has 1 aliphatic rings. The first-order valence-corrected chi connectivity index (χ1v) is 7.35. The van der Waals surface area contributed by atoms with Crippen molar-refractivity contribution < 1.29 is 9.47 Å². The summed E-state index contributed by atoms with van der Waals surface area (Å²) in [5.74, 6) is 0. The quantitative estimate of drug-likeness (QED) is 0.733. The van der Waals surface area contributed by atoms with Crippen LogP contribution in [0.3, 0.4) is 0 Å². The summed E-state index contributed by atoms with van der Waals surface area (Å²) in [7, 11) is 3.52. The molecule has 0 aromatic rings. The average Bonchev–Trinajstić information content (AvgIpc) is 2.67. The van der Waals surface area contributed by atoms with Crippen molar-refractivity contribution in [1.82, 2.24) is 4.90 Å². The van der Waals surface area contributed by atoms with Crippen LogP contribution in [0, 0.1) is 5.41 Å². The van der Waals surface area contributed by atoms with Gasteiger partial charge < -0.3 is 15.2 Å². The van der Waals surface area contributed by atoms with E-state index < -0.39 is 0 Å². The van der Waals surface area contributed by atoms with E-state index in [4.69, 9.17) is 15.2 Å². The van der Waals surface area contributed by atoms with Gasteiger partial charge in [0.1, 0.15) is 0 Å². The van der Waals surface area contributed by atoms with Crippen LogP contribution in [0.1, 0.15) is 40.0 Å². The molecule has 1 fully saturated rings. The second-order valence-corrected chi connectivity index (χ2v) is 6.76. The number of ether oxygens (including phenoxy) is 2. The maximum Gasteiger partial charge on any atom is 0.0615 e. The first kappa shape index (κ1) is 16.9. The summed E-state index contributed by atoms with van der Waals surface area (Å²) >= 11 is 0. The lowest BCUT2D eigenvalue weighted by Crippen LogP contribution is -2.58. The van der Waals surface area contributed by atoms with Crippen LogP contribution in [0.25, 0.3) is 0 Å². The van der Waals surface area contributed by atoms with Crippen molar-refractivity contribution in [2.24, 2.45) is 11.1 Å². The smallest absolute Gasteiger partial charge is 0.0615 e. The molecule has 2 atom stereocenters. The predicted octanol–water partition coefficient (Wildman–Crippen LogP) is 1.88. The Morgan fingerprint density at radius 1 is 1.21 bits per heavy atom. The van der Waals surface area contributed by atoms with Gasteiger partial charge in [-0.1, -0.05) is 13.8 Å². The van der Waals surface area contributed by atoms with Gasteiger partial charge in [-0.05, 0) is 31.6 Å². The van der Waals surface area contributed by atoms with Gasteiger partial charge in [0, 0.05) is 38.9 Å². The zero-order chi connectivity index (χ0) is 14.5. The summed E-state index contributed by atoms with van der Waals surface area (Å²) in [6.45, 7) is 10.0. The minimum atomic E-state index is 0.111. The first-order valence-electron chi connectivity index (χ1n) is 7.35. The predicted molar refractivity (Wildman–Crippen MR) is 79.3 cm³/mol. The van der Waals surface area contributed by atoms with Crippen molar-refractivity contribution in [1.29, 1.82) is 0 Å². The molecule has 0 spiro atoms. The Morgan fingerprint density at radius 3 is 2.32 bits per heavy atom. The fourth-order valence-electron chi connectivity index (χ4n) is 3.62. The first-order chi connectivity index (χ1) is 8.90. The highest BCUT2D eigenvalue weighted by molar-refractivity contribution is 5.03. The summed E-state index contributed by atoms with van der Waals surface area (Å²) in [6, 6.07) is 0.373. The molecule has 114 valence electrons. The molecule has 1 rings (SSSR count). The molecule has 0 bridgehead atoms. The molecule has 0 saturated heterocycles. The van der Waals surface area contributed by atoms with Gasteiger partial charge in [-0.25, -0.2) is 0 Å². The van der Waals surface area contributed by atoms with E-state index >= 15 is 0 Å². The number of rotatable bonds is 8. The van der Waals surface area contributed by atoms with Crippen LogP contribution < -0.4 is 5.73 Å². The molecule has 4 nitrogen and oxygen atoms in total. The van der Waals surface area contributed by atoms with Crippen LogP contribution in [0.2, 0.25) is 0 Å². The van der Waals surface area contributed by atoms with Crippen molar-refractivity contribution in [3.05, 3.63) is 0 Å². The van der Waals surface area contributed by atoms with Crippen molar-refractivity contribution in [2.45, 2.75) is 51.6 Å². The van der Waals surface area contributed by atoms with Crippen molar-refractivity contribution >= 4 is 0 Å². The molecule has 0 radical (unpaired) electrons. The SMILES string of the molecule is COCCN(C(C)COC)C1(CN)CCC(C)(C)C1. The van der Waals surface area contributed by atoms with E-state index in [1.807, 2.05) is 0 Å². The Labute approximate surface area is 118 Å². The van der Waals surface area contributed by atoms with Gasteiger partial charge in [0.2, 0.25) is 0 Å². The minimum Gasteiger partial charge on any atom is -0.383 e. The van der Waals surface area contributed by atoms with Crippen molar-refractivity contribution in [3.63, 3.8) is 0 Å². The third kappa shape index (κ3) is 4.15. The van der Waals surface area contributed by atoms with E-state index in [-0.39, 0.29) is 5.54 Å². The molecular weight excluding hydrogens is 240 g/mol. The van der Waals surface area contributed by atoms with E-state index in [0.717, 1.165) is 26.2 Å². The summed E-state index contributed by atoms with van der Waals surface area (Å²) in [5, 5.41) is 0. The molecule has 0 amide bonds. The molecule has 0 heterocycles. The zero-order valence-electron chi connectivity index (χ0n) is 13.4. The maximum atomic E-state index is 6.17. The number of methoxy groups -OCH3 is 2. The standard InChI is InChI=1S/C15H32N2O2/c1-13(10-19-5)17(8-9-18-4)15(12-16)7-6-14(2,3)11-15/h13H,6-12,16H2,1-5H3. The van der Waals surface area contributed by atoms with Gasteiger partial charge in [-0.2, -0.15) is 0 Å². The lowest BCUT2D eigenvalue weighted by atomic mass is 9.86. The minimum absolute atomic E-state index is 0.111. The largest absolute Gasteiger partial charge is 0.383 e. The summed E-state index contributed by atoms with van der Waals surface area (Å²) in [6.07, 6.45) is 3.58. The molecule has 0 aliphatic heterocycles. The normalized spacial score (nSPS) is 27.9. The number of nitrogens with two attached hydrogens (primary N) is 1. The van der Waals surface area contributed by atoms with Gasteiger partial charge in [0.15, 0.2) is 0 Å². The van der Waals surface area contributed by atoms with Crippen molar-refractivity contribution in [2.75, 3.05) is 40.5 Å². The van der Waals surface area contributed by atoms with E-state index in [1.165, 1.54) is 12.8 Å². The van der Waals surface area contributed by atoms with Crippen LogP contribution in [-0.4, -0.2) is 57.0 Å². The third-order valence-corrected chi connectivity index (χ3v) is 4.54. The molecule has 1 aliphatic carbocycles. The average molecular weight is 272 g/mol. The van der Waals surface area contributed by atoms with Crippen LogP contribution in [0.15, 0.2) is 0 Å². The summed E-state index contributed by atoms with van der Waals surface area (Å²) in [4.78, 5) is 2.52. The van der Waals surface area contributed by atoms with E-state index in [2.05, 4.69) is 25.7 Å². The molecule has 0 aromatic heterocycles. The Morgan fingerprint density at radius 2 is 1.89 bits per heavy atom. The maximum absolute atomic E-state index is 6.17. The summed E-state index contributed by atoms with van der Waals surface area (Å²) < 4.78 is 10.6. The van der Waals surface area contributed by atoms with Gasteiger partial charge in [0.05, 0.1) is 13.2 Å². The molecule has 1 saturated carbocycles. The second kappa shape index (κ2) is 7.02. The molecule has 0 aromatic carbocycles. The van der Waals surface area contributed by atoms with Gasteiger partial charge in [-0.3, -0.25) is 4.90 Å². The highest BCUT2D eigenvalue weighted by Crippen LogP contribution is 2.46. The van der Waals surface area contributed by atoms with Crippen LogP contribution in [0.5, 0.6) is 0 Å². The van der Waals surface area contributed by atoms with Gasteiger partial charge >= 0.3 is 0 Å². The fraction of sp³-hybridized carbons (Fsp3) is 1.00. The Hall–Kier alpha value is -0.160. The van der Waals surface area contributed by atoms with Crippen molar-refractivity contribution in [3.8, 4) is 0 Å². The van der Waals surface area contributed by atoms with Gasteiger partial charge in [0.25, 0.3) is 0 Å². The lowest BCUT2D eigenvalue weighted by molar-refractivity contribution is -0.00228. The highest BCUT2D eigenvalue weighted by Gasteiger charge is 2.47. The van der Waals surface area contributed by atoms with E-state index in [1.54, 1.807) is 14.2 Å². The highest BCUT2D eigenvalue weighted by atomic mass is 16.5. The summed E-state index contributed by atoms with van der Waals surface area (Å²) in [5.41, 5.74) is 6.67. The molecular formula is C15H32N2O2. The van der Waals surface area contributed by atoms with Gasteiger partial charge in [-0.15, -0.1) is 0 Å². The molecule has 2 unspecified atom stereocenters. The lowest BCUT2D eigenvalue weighted by Gasteiger charge is -2.45. The molecule has 4 heteroatoms. The molecule has 19 heavy (non-hydrogen) atoms. The van der Waals surface area contributed by atoms with Crippen LogP contribution in [-0.2, 0) is 9.47 Å². The van der Waals surface area contributed by atoms with Crippen LogP contribution >= 0.6 is 0 Å². The number of hydrogen-bond donors (Lipinski definition) is 1. The Bertz CT molecular complexity index is 271. The third-order valence-electron chi connectivity index (χ3n) is 4.54. The zero-order valence-corrected chi connectivity index (χ0v) is 13.4. The Balaban J connectivity index is 2.86. The molecule has 2 N–H and O–H groups in total. The number of hydrogen-bond acceptors (Lipinski definition) is 4. The Kier molecular flexibility index (Phi) is 6.24. The fourth-order valence-corrected chi connectivity index (χ4v) is 3.62. The monoisotopic (exact) mass is 272 g/mol. The number of nitrogens with zero attached hydrogens (tertiary/aromatic N) is 1. The second-order valence-electron chi connectivity index (χ2n) is 6.76. The van der Waals surface area contributed by atoms with E-state index in [9.17, 15) is 0 Å². The van der Waals surface area contributed by atoms with Crippen LogP contribution in [0.4, 0.5) is 0 Å².